The van der Waals surface area contributed by atoms with Gasteiger partial charge in [-0.2, -0.15) is 4.57 Å². The van der Waals surface area contributed by atoms with Crippen LogP contribution in [-0.4, -0.2) is 9.55 Å². The number of aromatic nitrogens is 3. The first-order valence-corrected chi connectivity index (χ1v) is 16.1. The number of pyridine rings is 1. The molecule has 0 amide bonds. The lowest BCUT2D eigenvalue weighted by Crippen LogP contribution is -2.25. The monoisotopic (exact) mass is 613 g/mol. The Labute approximate surface area is 276 Å². The lowest BCUT2D eigenvalue weighted by atomic mass is 9.87. The predicted molar refractivity (Wildman–Crippen MR) is 191 cm³/mol. The number of benzene rings is 5. The van der Waals surface area contributed by atoms with Gasteiger partial charge in [0.25, 0.3) is 0 Å². The molecule has 1 aliphatic heterocycles. The molecular weight excluding hydrogens is 576 g/mol. The van der Waals surface area contributed by atoms with E-state index in [-0.39, 0.29) is 5.41 Å². The van der Waals surface area contributed by atoms with Crippen molar-refractivity contribution in [3.8, 4) is 39.4 Å². The highest BCUT2D eigenvalue weighted by atomic mass is 16.5. The van der Waals surface area contributed by atoms with Gasteiger partial charge in [0, 0.05) is 23.9 Å². The molecule has 7 aromatic rings. The number of para-hydroxylation sites is 2. The van der Waals surface area contributed by atoms with E-state index >= 15 is 0 Å². The Kier molecular flexibility index (Phi) is 6.91. The molecule has 0 N–H and O–H groups in total. The molecule has 0 atom stereocenters. The number of hydrogen-bond donors (Lipinski definition) is 0. The van der Waals surface area contributed by atoms with Crippen molar-refractivity contribution in [2.75, 3.05) is 4.90 Å². The molecular formula is C42H37N4O+. The topological polar surface area (TPSA) is 34.2 Å². The van der Waals surface area contributed by atoms with E-state index in [0.717, 1.165) is 34.2 Å². The van der Waals surface area contributed by atoms with Crippen molar-refractivity contribution in [1.29, 1.82) is 0 Å². The van der Waals surface area contributed by atoms with Crippen LogP contribution in [-0.2, 0) is 19.0 Å². The number of aryl methyl sites for hydroxylation is 1. The summed E-state index contributed by atoms with van der Waals surface area (Å²) in [7, 11) is 2.07. The molecule has 0 fully saturated rings. The number of rotatable bonds is 5. The summed E-state index contributed by atoms with van der Waals surface area (Å²) in [6.07, 6.45) is 4.04. The van der Waals surface area contributed by atoms with Crippen LogP contribution >= 0.6 is 0 Å². The summed E-state index contributed by atoms with van der Waals surface area (Å²) in [6, 6.07) is 44.9. The van der Waals surface area contributed by atoms with Crippen LogP contribution in [0, 0.1) is 0 Å². The van der Waals surface area contributed by atoms with Gasteiger partial charge in [-0.1, -0.05) is 81.4 Å². The molecule has 1 aliphatic rings. The van der Waals surface area contributed by atoms with Crippen molar-refractivity contribution in [2.24, 2.45) is 7.05 Å². The zero-order valence-electron chi connectivity index (χ0n) is 27.2. The SMILES string of the molecule is C[n+]1cn(-c2cccc(Oc3ccc4c(c3)N(c3cc(C(C)(C)C)ccn3)Cc3cc(-c5ccccc5)ccc3-4)c2)c2ccccc21. The average Bonchev–Trinajstić information content (AvgIpc) is 3.44. The molecule has 5 aromatic carbocycles. The number of imidazole rings is 1. The van der Waals surface area contributed by atoms with Gasteiger partial charge in [-0.3, -0.25) is 0 Å². The van der Waals surface area contributed by atoms with Crippen molar-refractivity contribution in [3.63, 3.8) is 0 Å². The van der Waals surface area contributed by atoms with E-state index in [9.17, 15) is 0 Å². The predicted octanol–water partition coefficient (Wildman–Crippen LogP) is 9.93. The van der Waals surface area contributed by atoms with Crippen molar-refractivity contribution in [1.82, 2.24) is 9.55 Å². The smallest absolute Gasteiger partial charge is 0.249 e. The summed E-state index contributed by atoms with van der Waals surface area (Å²) in [5.41, 5.74) is 11.8. The second kappa shape index (κ2) is 11.3. The number of anilines is 2. The summed E-state index contributed by atoms with van der Waals surface area (Å²) in [5.74, 6) is 2.50. The quantitative estimate of drug-likeness (QED) is 0.181. The third-order valence-corrected chi connectivity index (χ3v) is 9.12. The van der Waals surface area contributed by atoms with Gasteiger partial charge < -0.3 is 9.64 Å². The summed E-state index contributed by atoms with van der Waals surface area (Å²) in [6.45, 7) is 7.44. The zero-order chi connectivity index (χ0) is 32.1. The van der Waals surface area contributed by atoms with Gasteiger partial charge in [0.05, 0.1) is 19.3 Å². The van der Waals surface area contributed by atoms with Crippen LogP contribution in [0.25, 0.3) is 39.0 Å². The van der Waals surface area contributed by atoms with Gasteiger partial charge >= 0.3 is 0 Å². The van der Waals surface area contributed by atoms with Gasteiger partial charge in [-0.15, -0.1) is 0 Å². The third kappa shape index (κ3) is 5.34. The number of nitrogens with zero attached hydrogens (tertiary/aromatic N) is 4. The molecule has 0 radical (unpaired) electrons. The normalized spacial score (nSPS) is 12.6. The molecule has 0 saturated carbocycles. The lowest BCUT2D eigenvalue weighted by Gasteiger charge is -2.33. The van der Waals surface area contributed by atoms with Crippen molar-refractivity contribution >= 4 is 22.5 Å². The average molecular weight is 614 g/mol. The van der Waals surface area contributed by atoms with Crippen molar-refractivity contribution in [2.45, 2.75) is 32.7 Å². The highest BCUT2D eigenvalue weighted by molar-refractivity contribution is 5.89. The standard InChI is InChI=1S/C42H37N4O/c1-42(2,3)32-21-22-43-41(24-32)45-27-31-23-30(29-11-6-5-7-12-29)17-19-36(31)37-20-18-35(26-40(37)45)47-34-14-10-13-33(25-34)46-28-44(4)38-15-8-9-16-39(38)46/h5-26,28H,27H2,1-4H3/q+1. The van der Waals surface area contributed by atoms with Crippen molar-refractivity contribution < 1.29 is 9.30 Å². The van der Waals surface area contributed by atoms with E-state index in [0.29, 0.717) is 6.54 Å². The third-order valence-electron chi connectivity index (χ3n) is 9.12. The van der Waals surface area contributed by atoms with E-state index in [4.69, 9.17) is 9.72 Å². The van der Waals surface area contributed by atoms with Crippen LogP contribution in [0.15, 0.2) is 140 Å². The van der Waals surface area contributed by atoms with E-state index in [2.05, 4.69) is 163 Å². The largest absolute Gasteiger partial charge is 0.457 e. The number of ether oxygens (including phenoxy) is 1. The van der Waals surface area contributed by atoms with Crippen LogP contribution < -0.4 is 14.2 Å². The molecule has 2 aromatic heterocycles. The lowest BCUT2D eigenvalue weighted by molar-refractivity contribution is -0.645. The summed E-state index contributed by atoms with van der Waals surface area (Å²) in [5, 5.41) is 0. The second-order valence-electron chi connectivity index (χ2n) is 13.3. The fourth-order valence-electron chi connectivity index (χ4n) is 6.62. The second-order valence-corrected chi connectivity index (χ2v) is 13.3. The first-order chi connectivity index (χ1) is 22.8. The molecule has 47 heavy (non-hydrogen) atoms. The molecule has 3 heterocycles. The molecule has 0 spiro atoms. The summed E-state index contributed by atoms with van der Waals surface area (Å²) >= 11 is 0. The summed E-state index contributed by atoms with van der Waals surface area (Å²) < 4.78 is 10.9. The highest BCUT2D eigenvalue weighted by Crippen LogP contribution is 2.46. The van der Waals surface area contributed by atoms with E-state index < -0.39 is 0 Å². The molecule has 8 rings (SSSR count). The Morgan fingerprint density at radius 3 is 2.34 bits per heavy atom. The first kappa shape index (κ1) is 28.8. The Bertz CT molecular complexity index is 2260. The molecule has 5 heteroatoms. The Balaban J connectivity index is 1.20. The Morgan fingerprint density at radius 1 is 0.702 bits per heavy atom. The maximum absolute atomic E-state index is 6.59. The number of fused-ring (bicyclic) bond motifs is 4. The molecule has 230 valence electrons. The number of hydrogen-bond acceptors (Lipinski definition) is 3. The zero-order valence-corrected chi connectivity index (χ0v) is 27.2. The highest BCUT2D eigenvalue weighted by Gasteiger charge is 2.26. The molecule has 0 aliphatic carbocycles. The van der Waals surface area contributed by atoms with Gasteiger partial charge in [0.2, 0.25) is 6.33 Å². The Morgan fingerprint density at radius 2 is 1.49 bits per heavy atom. The van der Waals surface area contributed by atoms with Crippen molar-refractivity contribution in [3.05, 3.63) is 151 Å². The maximum atomic E-state index is 6.59. The maximum Gasteiger partial charge on any atom is 0.249 e. The van der Waals surface area contributed by atoms with Crippen LogP contribution in [0.2, 0.25) is 0 Å². The Hall–Kier alpha value is -5.68. The van der Waals surface area contributed by atoms with E-state index in [1.54, 1.807) is 0 Å². The molecule has 5 nitrogen and oxygen atoms in total. The fraction of sp³-hybridized carbons (Fsp3) is 0.143. The first-order valence-electron chi connectivity index (χ1n) is 16.1. The van der Waals surface area contributed by atoms with E-state index in [1.807, 2.05) is 18.3 Å². The molecule has 0 saturated heterocycles. The van der Waals surface area contributed by atoms with Gasteiger partial charge in [-0.05, 0) is 87.8 Å². The van der Waals surface area contributed by atoms with Crippen LogP contribution in [0.5, 0.6) is 11.5 Å². The molecule has 0 unspecified atom stereocenters. The van der Waals surface area contributed by atoms with E-state index in [1.165, 1.54) is 38.9 Å². The van der Waals surface area contributed by atoms with Crippen LogP contribution in [0.4, 0.5) is 11.5 Å². The molecule has 0 bridgehead atoms. The van der Waals surface area contributed by atoms with Crippen LogP contribution in [0.3, 0.4) is 0 Å². The fourth-order valence-corrected chi connectivity index (χ4v) is 6.62. The summed E-state index contributed by atoms with van der Waals surface area (Å²) in [4.78, 5) is 7.23. The minimum atomic E-state index is 0.00671. The van der Waals surface area contributed by atoms with Crippen LogP contribution in [0.1, 0.15) is 31.9 Å². The minimum absolute atomic E-state index is 0.00671. The van der Waals surface area contributed by atoms with Gasteiger partial charge in [0.1, 0.15) is 23.0 Å². The minimum Gasteiger partial charge on any atom is -0.457 e. The van der Waals surface area contributed by atoms with Gasteiger partial charge in [0.15, 0.2) is 11.0 Å². The van der Waals surface area contributed by atoms with Gasteiger partial charge in [-0.25, -0.2) is 9.55 Å².